The van der Waals surface area contributed by atoms with Crippen LogP contribution in [0.1, 0.15) is 109 Å². The van der Waals surface area contributed by atoms with Crippen molar-refractivity contribution in [2.24, 2.45) is 35.5 Å². The predicted octanol–water partition coefficient (Wildman–Crippen LogP) is 0.942. The Bertz CT molecular complexity index is 1520. The quantitative estimate of drug-likeness (QED) is 0.326. The molecule has 8 aliphatic rings. The minimum absolute atomic E-state index is 0. The predicted molar refractivity (Wildman–Crippen MR) is 168 cm³/mol. The van der Waals surface area contributed by atoms with Gasteiger partial charge in [-0.1, -0.05) is 0 Å². The molecule has 3 aromatic carbocycles. The van der Waals surface area contributed by atoms with E-state index in [4.69, 9.17) is 9.47 Å². The molecule has 0 aliphatic heterocycles. The van der Waals surface area contributed by atoms with Gasteiger partial charge in [0.05, 0.1) is 11.9 Å². The molecule has 8 aliphatic carbocycles. The number of carbonyl (C=O) groups is 2. The Morgan fingerprint density at radius 3 is 1.06 bits per heavy atom. The first kappa shape index (κ1) is 35.9. The number of rotatable bonds is 8. The normalized spacial score (nSPS) is 33.4. The molecule has 0 unspecified atom stereocenters. The van der Waals surface area contributed by atoms with Crippen molar-refractivity contribution in [3.8, 4) is 23.0 Å². The van der Waals surface area contributed by atoms with Crippen molar-refractivity contribution in [2.45, 2.75) is 87.9 Å². The molecular weight excluding hydrogens is 655 g/mol. The van der Waals surface area contributed by atoms with E-state index in [1.54, 1.807) is 24.3 Å². The van der Waals surface area contributed by atoms with Crippen molar-refractivity contribution in [3.63, 3.8) is 0 Å². The molecule has 6 nitrogen and oxygen atoms in total. The summed E-state index contributed by atoms with van der Waals surface area (Å²) in [5, 5.41) is 22.9. The molecule has 8 bridgehead atoms. The van der Waals surface area contributed by atoms with Crippen molar-refractivity contribution in [2.75, 3.05) is 0 Å². The summed E-state index contributed by atoms with van der Waals surface area (Å²) in [5.74, 6) is 4.93. The van der Waals surface area contributed by atoms with E-state index >= 15 is 0 Å². The van der Waals surface area contributed by atoms with E-state index in [1.165, 1.54) is 112 Å². The van der Waals surface area contributed by atoms with Gasteiger partial charge in [-0.15, -0.1) is 0 Å². The molecule has 8 saturated carbocycles. The fourth-order valence-electron chi connectivity index (χ4n) is 12.0. The van der Waals surface area contributed by atoms with Crippen molar-refractivity contribution in [1.29, 1.82) is 0 Å². The summed E-state index contributed by atoms with van der Waals surface area (Å²) in [6.07, 6.45) is 15.3. The van der Waals surface area contributed by atoms with Gasteiger partial charge < -0.3 is 29.3 Å². The van der Waals surface area contributed by atoms with Crippen molar-refractivity contribution >= 4 is 11.9 Å². The van der Waals surface area contributed by atoms with E-state index in [0.29, 0.717) is 11.5 Å². The summed E-state index contributed by atoms with van der Waals surface area (Å²) in [6, 6.07) is 17.6. The van der Waals surface area contributed by atoms with Gasteiger partial charge in [0.1, 0.15) is 23.0 Å². The van der Waals surface area contributed by atoms with Crippen LogP contribution in [0.25, 0.3) is 0 Å². The maximum atomic E-state index is 11.5. The number of hydrogen-bond donors (Lipinski definition) is 0. The number of aromatic carboxylic acids is 2. The van der Waals surface area contributed by atoms with Crippen LogP contribution in [-0.2, 0) is 10.8 Å². The molecule has 0 saturated heterocycles. The second-order valence-corrected chi connectivity index (χ2v) is 16.1. The Morgan fingerprint density at radius 1 is 0.500 bits per heavy atom. The molecule has 0 spiro atoms. The Labute approximate surface area is 368 Å². The first-order valence-corrected chi connectivity index (χ1v) is 17.4. The molecule has 0 atom stereocenters. The van der Waals surface area contributed by atoms with Crippen LogP contribution in [0.3, 0.4) is 0 Å². The molecule has 0 amide bonds. The third kappa shape index (κ3) is 6.52. The van der Waals surface area contributed by atoms with Gasteiger partial charge in [-0.3, -0.25) is 0 Å². The van der Waals surface area contributed by atoms with E-state index in [9.17, 15) is 19.8 Å². The third-order valence-electron chi connectivity index (χ3n) is 12.9. The Kier molecular flexibility index (Phi) is 10.3. The molecule has 0 aromatic heterocycles. The molecule has 3 aromatic rings. The van der Waals surface area contributed by atoms with Crippen LogP contribution < -0.4 is 122 Å². The monoisotopic (exact) mass is 694 g/mol. The van der Waals surface area contributed by atoms with Crippen molar-refractivity contribution < 1.29 is 132 Å². The van der Waals surface area contributed by atoms with Gasteiger partial charge in [-0.25, -0.2) is 0 Å². The van der Waals surface area contributed by atoms with Gasteiger partial charge in [0.2, 0.25) is 0 Å². The number of benzene rings is 3. The van der Waals surface area contributed by atoms with E-state index in [1.807, 2.05) is 0 Å². The summed E-state index contributed by atoms with van der Waals surface area (Å²) >= 11 is 0. The van der Waals surface area contributed by atoms with Crippen LogP contribution in [-0.4, -0.2) is 11.9 Å². The minimum Gasteiger partial charge on any atom is -0.545 e. The number of ether oxygens (including phenoxy) is 2. The summed E-state index contributed by atoms with van der Waals surface area (Å²) in [6.45, 7) is 0. The molecule has 8 fully saturated rings. The largest absolute Gasteiger partial charge is 1.00 e. The second kappa shape index (κ2) is 13.8. The standard InChI is InChI=1S/C40H42O6.2K/c41-37(42)29-1-5-31(6-2-29)45-35-16-36(46-32-7-3-30(4-8-32)38(43)44)34(40-20-26-12-27(21-40)14-28(13-26)22-40)15-33(35)39-17-23-9-24(18-39)11-25(10-23)19-39;;/h1-8,15-16,23-28H,9-14,17-22H2,(H,41,42)(H,43,44);;/q;2*+1/p-2. The van der Waals surface area contributed by atoms with Gasteiger partial charge in [0.25, 0.3) is 0 Å². The summed E-state index contributed by atoms with van der Waals surface area (Å²) in [4.78, 5) is 22.9. The van der Waals surface area contributed by atoms with Crippen molar-refractivity contribution in [1.82, 2.24) is 0 Å². The van der Waals surface area contributed by atoms with Crippen LogP contribution in [0.5, 0.6) is 23.0 Å². The van der Waals surface area contributed by atoms with E-state index < -0.39 is 11.9 Å². The van der Waals surface area contributed by atoms with E-state index in [-0.39, 0.29) is 125 Å². The van der Waals surface area contributed by atoms with Gasteiger partial charge in [0, 0.05) is 17.2 Å². The van der Waals surface area contributed by atoms with Crippen LogP contribution in [0.4, 0.5) is 0 Å². The average molecular weight is 695 g/mol. The first-order valence-electron chi connectivity index (χ1n) is 17.4. The molecule has 8 heteroatoms. The van der Waals surface area contributed by atoms with E-state index in [2.05, 4.69) is 12.1 Å². The first-order chi connectivity index (χ1) is 22.2. The van der Waals surface area contributed by atoms with Crippen LogP contribution in [0.2, 0.25) is 0 Å². The molecule has 48 heavy (non-hydrogen) atoms. The van der Waals surface area contributed by atoms with Crippen LogP contribution in [0, 0.1) is 35.5 Å². The van der Waals surface area contributed by atoms with Crippen molar-refractivity contribution in [3.05, 3.63) is 82.9 Å². The smallest absolute Gasteiger partial charge is 0.545 e. The van der Waals surface area contributed by atoms with Gasteiger partial charge in [-0.05, 0) is 189 Å². The Balaban J connectivity index is 0.00000182. The fraction of sp³-hybridized carbons (Fsp3) is 0.500. The molecule has 0 N–H and O–H groups in total. The summed E-state index contributed by atoms with van der Waals surface area (Å²) < 4.78 is 13.5. The zero-order valence-electron chi connectivity index (χ0n) is 28.2. The summed E-state index contributed by atoms with van der Waals surface area (Å²) in [5.41, 5.74) is 2.99. The number of carboxylic acid groups (broad SMARTS) is 2. The Hall–Kier alpha value is -0.527. The molecule has 0 heterocycles. The molecule has 0 radical (unpaired) electrons. The number of hydrogen-bond acceptors (Lipinski definition) is 6. The number of carbonyl (C=O) groups excluding carboxylic acids is 2. The van der Waals surface area contributed by atoms with Crippen LogP contribution >= 0.6 is 0 Å². The zero-order valence-corrected chi connectivity index (χ0v) is 34.4. The number of carboxylic acids is 2. The fourth-order valence-corrected chi connectivity index (χ4v) is 12.0. The minimum atomic E-state index is -1.21. The maximum Gasteiger partial charge on any atom is 1.00 e. The van der Waals surface area contributed by atoms with E-state index in [0.717, 1.165) is 47.0 Å². The molecule has 238 valence electrons. The third-order valence-corrected chi connectivity index (χ3v) is 12.9. The zero-order chi connectivity index (χ0) is 31.2. The second-order valence-electron chi connectivity index (χ2n) is 16.1. The molecule has 11 rings (SSSR count). The maximum absolute atomic E-state index is 11.5. The topological polar surface area (TPSA) is 98.7 Å². The van der Waals surface area contributed by atoms with Gasteiger partial charge in [-0.2, -0.15) is 0 Å². The van der Waals surface area contributed by atoms with Gasteiger partial charge >= 0.3 is 103 Å². The average Bonchev–Trinajstić information content (AvgIpc) is 3.00. The van der Waals surface area contributed by atoms with Crippen LogP contribution in [0.15, 0.2) is 60.7 Å². The SMILES string of the molecule is O=C([O-])c1ccc(Oc2cc(Oc3ccc(C(=O)[O-])cc3)c(C34CC5CC(CC(C5)C3)C4)cc2C23CC4CC(CC(C4)C2)C3)cc1.[K+].[K+]. The Morgan fingerprint density at radius 2 is 0.792 bits per heavy atom. The van der Waals surface area contributed by atoms with Gasteiger partial charge in [0.15, 0.2) is 0 Å². The molecular formula is C40H40K2O6. The summed E-state index contributed by atoms with van der Waals surface area (Å²) in [7, 11) is 0.